The molecule has 5 heteroatoms. The van der Waals surface area contributed by atoms with Crippen LogP contribution in [0.15, 0.2) is 0 Å². The smallest absolute Gasteiger partial charge is 0.107 e. The highest BCUT2D eigenvalue weighted by molar-refractivity contribution is 7.11. The highest BCUT2D eigenvalue weighted by atomic mass is 32.1. The average Bonchev–Trinajstić information content (AvgIpc) is 2.73. The van der Waals surface area contributed by atoms with Crippen LogP contribution in [0.4, 0.5) is 0 Å². The number of morpholine rings is 1. The van der Waals surface area contributed by atoms with Crippen LogP contribution < -0.4 is 0 Å². The van der Waals surface area contributed by atoms with Gasteiger partial charge in [0.05, 0.1) is 35.9 Å². The van der Waals surface area contributed by atoms with Crippen LogP contribution in [-0.2, 0) is 23.3 Å². The van der Waals surface area contributed by atoms with Crippen molar-refractivity contribution in [3.05, 3.63) is 15.6 Å². The fourth-order valence-corrected chi connectivity index (χ4v) is 3.33. The number of ether oxygens (including phenoxy) is 1. The molecule has 0 unspecified atom stereocenters. The number of aryl methyl sites for hydroxylation is 1. The van der Waals surface area contributed by atoms with Crippen molar-refractivity contribution in [2.45, 2.75) is 39.3 Å². The molecular weight excluding hydrogens is 248 g/mol. The van der Waals surface area contributed by atoms with Crippen molar-refractivity contribution >= 4 is 11.3 Å². The third-order valence-corrected chi connectivity index (χ3v) is 4.49. The summed E-state index contributed by atoms with van der Waals surface area (Å²) >= 11 is 1.64. The fourth-order valence-electron chi connectivity index (χ4n) is 2.14. The standard InChI is InChI=1S/C13H22N2O2S/c1-4-10-12(13(2,3)16)18-11(14-10)9-15-5-7-17-8-6-15/h16H,4-9H2,1-3H3. The summed E-state index contributed by atoms with van der Waals surface area (Å²) < 4.78 is 5.34. The molecule has 0 aromatic carbocycles. The molecule has 1 aromatic heterocycles. The van der Waals surface area contributed by atoms with Crippen molar-refractivity contribution in [1.29, 1.82) is 0 Å². The van der Waals surface area contributed by atoms with Gasteiger partial charge in [-0.2, -0.15) is 0 Å². The van der Waals surface area contributed by atoms with Crippen LogP contribution >= 0.6 is 11.3 Å². The Balaban J connectivity index is 2.11. The van der Waals surface area contributed by atoms with Crippen molar-refractivity contribution in [2.75, 3.05) is 26.3 Å². The Hall–Kier alpha value is -0.490. The van der Waals surface area contributed by atoms with Gasteiger partial charge in [-0.05, 0) is 20.3 Å². The SMILES string of the molecule is CCc1nc(CN2CCOCC2)sc1C(C)(C)O. The number of thiazole rings is 1. The minimum absolute atomic E-state index is 0.785. The maximum atomic E-state index is 10.2. The summed E-state index contributed by atoms with van der Waals surface area (Å²) in [6.07, 6.45) is 0.874. The summed E-state index contributed by atoms with van der Waals surface area (Å²) in [5, 5.41) is 11.3. The number of nitrogens with zero attached hydrogens (tertiary/aromatic N) is 2. The number of aliphatic hydroxyl groups is 1. The second-order valence-corrected chi connectivity index (χ2v) is 6.27. The van der Waals surface area contributed by atoms with E-state index >= 15 is 0 Å². The molecule has 1 aliphatic rings. The Morgan fingerprint density at radius 3 is 2.56 bits per heavy atom. The van der Waals surface area contributed by atoms with Crippen molar-refractivity contribution in [3.8, 4) is 0 Å². The van der Waals surface area contributed by atoms with E-state index in [9.17, 15) is 5.11 Å². The van der Waals surface area contributed by atoms with Gasteiger partial charge in [-0.3, -0.25) is 4.90 Å². The van der Waals surface area contributed by atoms with Crippen LogP contribution in [0.2, 0.25) is 0 Å². The zero-order valence-corrected chi connectivity index (χ0v) is 12.2. The summed E-state index contributed by atoms with van der Waals surface area (Å²) in [6.45, 7) is 10.2. The lowest BCUT2D eigenvalue weighted by molar-refractivity contribution is 0.0341. The van der Waals surface area contributed by atoms with Gasteiger partial charge in [0.2, 0.25) is 0 Å². The highest BCUT2D eigenvalue weighted by Crippen LogP contribution is 2.30. The van der Waals surface area contributed by atoms with Crippen molar-refractivity contribution in [2.24, 2.45) is 0 Å². The maximum absolute atomic E-state index is 10.2. The van der Waals surface area contributed by atoms with Gasteiger partial charge in [-0.15, -0.1) is 11.3 Å². The van der Waals surface area contributed by atoms with Crippen LogP contribution in [0.5, 0.6) is 0 Å². The largest absolute Gasteiger partial charge is 0.385 e. The van der Waals surface area contributed by atoms with E-state index in [1.165, 1.54) is 0 Å². The monoisotopic (exact) mass is 270 g/mol. The van der Waals surface area contributed by atoms with E-state index in [1.807, 2.05) is 13.8 Å². The molecule has 1 N–H and O–H groups in total. The van der Waals surface area contributed by atoms with Gasteiger partial charge in [0.15, 0.2) is 0 Å². The van der Waals surface area contributed by atoms with E-state index in [0.717, 1.165) is 54.8 Å². The van der Waals surface area contributed by atoms with Crippen molar-refractivity contribution in [1.82, 2.24) is 9.88 Å². The molecule has 0 radical (unpaired) electrons. The van der Waals surface area contributed by atoms with Crippen molar-refractivity contribution in [3.63, 3.8) is 0 Å². The maximum Gasteiger partial charge on any atom is 0.107 e. The van der Waals surface area contributed by atoms with E-state index in [2.05, 4.69) is 16.8 Å². The molecule has 1 fully saturated rings. The second kappa shape index (κ2) is 5.65. The Morgan fingerprint density at radius 1 is 1.39 bits per heavy atom. The summed E-state index contributed by atoms with van der Waals surface area (Å²) in [5.74, 6) is 0. The molecule has 1 saturated heterocycles. The van der Waals surface area contributed by atoms with Crippen LogP contribution in [0, 0.1) is 0 Å². The average molecular weight is 270 g/mol. The first-order chi connectivity index (χ1) is 8.50. The molecule has 0 saturated carbocycles. The minimum atomic E-state index is -0.785. The van der Waals surface area contributed by atoms with E-state index in [4.69, 9.17) is 4.74 Å². The molecule has 0 spiro atoms. The third kappa shape index (κ3) is 3.29. The molecule has 1 aliphatic heterocycles. The Morgan fingerprint density at radius 2 is 2.06 bits per heavy atom. The zero-order chi connectivity index (χ0) is 13.2. The van der Waals surface area contributed by atoms with Gasteiger partial charge < -0.3 is 9.84 Å². The van der Waals surface area contributed by atoms with Gasteiger partial charge in [-0.25, -0.2) is 4.98 Å². The first kappa shape index (κ1) is 13.9. The number of rotatable bonds is 4. The molecule has 0 bridgehead atoms. The first-order valence-corrected chi connectivity index (χ1v) is 7.34. The quantitative estimate of drug-likeness (QED) is 0.905. The van der Waals surface area contributed by atoms with Gasteiger partial charge in [0.1, 0.15) is 5.01 Å². The van der Waals surface area contributed by atoms with Gasteiger partial charge in [-0.1, -0.05) is 6.92 Å². The summed E-state index contributed by atoms with van der Waals surface area (Å²) in [4.78, 5) is 8.03. The van der Waals surface area contributed by atoms with Crippen LogP contribution in [0.1, 0.15) is 36.3 Å². The van der Waals surface area contributed by atoms with E-state index < -0.39 is 5.60 Å². The second-order valence-electron chi connectivity index (χ2n) is 5.18. The Labute approximate surface area is 113 Å². The zero-order valence-electron chi connectivity index (χ0n) is 11.4. The van der Waals surface area contributed by atoms with E-state index in [-0.39, 0.29) is 0 Å². The molecule has 0 aliphatic carbocycles. The third-order valence-electron chi connectivity index (χ3n) is 3.09. The van der Waals surface area contributed by atoms with Crippen LogP contribution in [0.3, 0.4) is 0 Å². The Bertz CT molecular complexity index is 392. The van der Waals surface area contributed by atoms with Crippen LogP contribution in [-0.4, -0.2) is 41.3 Å². The number of aromatic nitrogens is 1. The molecule has 18 heavy (non-hydrogen) atoms. The normalized spacial score (nSPS) is 18.2. The minimum Gasteiger partial charge on any atom is -0.385 e. The lowest BCUT2D eigenvalue weighted by Gasteiger charge is -2.25. The molecule has 0 amide bonds. The number of hydrogen-bond donors (Lipinski definition) is 1. The van der Waals surface area contributed by atoms with Crippen molar-refractivity contribution < 1.29 is 9.84 Å². The fraction of sp³-hybridized carbons (Fsp3) is 0.769. The number of hydrogen-bond acceptors (Lipinski definition) is 5. The first-order valence-electron chi connectivity index (χ1n) is 6.52. The molecule has 1 aromatic rings. The summed E-state index contributed by atoms with van der Waals surface area (Å²) in [5.41, 5.74) is 0.252. The van der Waals surface area contributed by atoms with Gasteiger partial charge >= 0.3 is 0 Å². The molecular formula is C13H22N2O2S. The predicted molar refractivity (Wildman–Crippen MR) is 72.8 cm³/mol. The van der Waals surface area contributed by atoms with Gasteiger partial charge in [0.25, 0.3) is 0 Å². The predicted octanol–water partition coefficient (Wildman–Crippen LogP) is 1.77. The lowest BCUT2D eigenvalue weighted by Crippen LogP contribution is -2.35. The topological polar surface area (TPSA) is 45.6 Å². The summed E-state index contributed by atoms with van der Waals surface area (Å²) in [6, 6.07) is 0. The summed E-state index contributed by atoms with van der Waals surface area (Å²) in [7, 11) is 0. The molecule has 2 rings (SSSR count). The van der Waals surface area contributed by atoms with Crippen LogP contribution in [0.25, 0.3) is 0 Å². The van der Waals surface area contributed by atoms with E-state index in [1.54, 1.807) is 11.3 Å². The molecule has 4 nitrogen and oxygen atoms in total. The van der Waals surface area contributed by atoms with Gasteiger partial charge in [0, 0.05) is 13.1 Å². The van der Waals surface area contributed by atoms with E-state index in [0.29, 0.717) is 0 Å². The lowest BCUT2D eigenvalue weighted by atomic mass is 10.1. The molecule has 2 heterocycles. The molecule has 102 valence electrons. The highest BCUT2D eigenvalue weighted by Gasteiger charge is 2.24. The molecule has 0 atom stereocenters. The Kier molecular flexibility index (Phi) is 4.37.